The van der Waals surface area contributed by atoms with E-state index >= 15 is 0 Å². The standard InChI is InChI=1S/C23H26N8O2S/c1-2-6-17(7-3-1)34-23-27-21(24-9-5-10-31-11-14-32-15-12-31)26-22(28-23)25-20-16-18(29-30-20)19-8-4-13-33-19/h1-4,6-8,13,16H,5,9-12,14-15H2,(H3,24,25,26,27,28,29,30). The number of aromatic nitrogens is 5. The van der Waals surface area contributed by atoms with Crippen molar-refractivity contribution in [3.8, 4) is 11.5 Å². The van der Waals surface area contributed by atoms with E-state index < -0.39 is 0 Å². The lowest BCUT2D eigenvalue weighted by Crippen LogP contribution is -2.37. The summed E-state index contributed by atoms with van der Waals surface area (Å²) < 4.78 is 10.8. The Bertz CT molecular complexity index is 1160. The van der Waals surface area contributed by atoms with Crippen LogP contribution in [0.3, 0.4) is 0 Å². The van der Waals surface area contributed by atoms with E-state index in [0.29, 0.717) is 28.6 Å². The van der Waals surface area contributed by atoms with Crippen LogP contribution in [0.25, 0.3) is 11.5 Å². The highest BCUT2D eigenvalue weighted by molar-refractivity contribution is 7.99. The van der Waals surface area contributed by atoms with Gasteiger partial charge in [0.15, 0.2) is 16.7 Å². The topological polar surface area (TPSA) is 117 Å². The molecule has 176 valence electrons. The minimum absolute atomic E-state index is 0.418. The number of rotatable bonds is 10. The van der Waals surface area contributed by atoms with Crippen molar-refractivity contribution in [3.05, 3.63) is 54.8 Å². The van der Waals surface area contributed by atoms with Gasteiger partial charge in [-0.25, -0.2) is 0 Å². The van der Waals surface area contributed by atoms with E-state index in [1.807, 2.05) is 48.5 Å². The van der Waals surface area contributed by atoms with Crippen molar-refractivity contribution in [1.82, 2.24) is 30.0 Å². The Morgan fingerprint density at radius 2 is 1.85 bits per heavy atom. The average molecular weight is 479 g/mol. The number of furan rings is 1. The lowest BCUT2D eigenvalue weighted by molar-refractivity contribution is 0.0378. The molecule has 0 unspecified atom stereocenters. The van der Waals surface area contributed by atoms with Gasteiger partial charge < -0.3 is 19.8 Å². The summed E-state index contributed by atoms with van der Waals surface area (Å²) in [5.41, 5.74) is 0.766. The average Bonchev–Trinajstić information content (AvgIpc) is 3.56. The number of H-pyrrole nitrogens is 1. The molecule has 5 rings (SSSR count). The van der Waals surface area contributed by atoms with E-state index in [1.54, 1.807) is 6.26 Å². The first-order valence-electron chi connectivity index (χ1n) is 11.2. The van der Waals surface area contributed by atoms with Crippen LogP contribution < -0.4 is 10.6 Å². The van der Waals surface area contributed by atoms with Crippen LogP contribution in [0, 0.1) is 0 Å². The van der Waals surface area contributed by atoms with Crippen LogP contribution in [0.5, 0.6) is 0 Å². The summed E-state index contributed by atoms with van der Waals surface area (Å²) in [5, 5.41) is 14.4. The lowest BCUT2D eigenvalue weighted by atomic mass is 10.3. The van der Waals surface area contributed by atoms with Crippen LogP contribution in [0.1, 0.15) is 6.42 Å². The Morgan fingerprint density at radius 1 is 1.00 bits per heavy atom. The third kappa shape index (κ3) is 6.13. The zero-order valence-corrected chi connectivity index (χ0v) is 19.4. The smallest absolute Gasteiger partial charge is 0.234 e. The molecular formula is C23H26N8O2S. The molecule has 1 aliphatic heterocycles. The van der Waals surface area contributed by atoms with Gasteiger partial charge in [-0.05, 0) is 49.0 Å². The predicted octanol–water partition coefficient (Wildman–Crippen LogP) is 3.88. The van der Waals surface area contributed by atoms with Gasteiger partial charge in [0.2, 0.25) is 11.9 Å². The van der Waals surface area contributed by atoms with Gasteiger partial charge in [-0.15, -0.1) is 0 Å². The maximum absolute atomic E-state index is 5.42. The van der Waals surface area contributed by atoms with Gasteiger partial charge in [0.05, 0.1) is 19.5 Å². The normalized spacial score (nSPS) is 14.2. The predicted molar refractivity (Wildman–Crippen MR) is 130 cm³/mol. The molecule has 0 saturated carbocycles. The van der Waals surface area contributed by atoms with E-state index in [4.69, 9.17) is 9.15 Å². The molecule has 0 spiro atoms. The van der Waals surface area contributed by atoms with Gasteiger partial charge in [-0.1, -0.05) is 18.2 Å². The number of hydrogen-bond acceptors (Lipinski definition) is 10. The first-order chi connectivity index (χ1) is 16.8. The molecule has 0 amide bonds. The molecule has 0 radical (unpaired) electrons. The molecule has 11 heteroatoms. The molecule has 0 atom stereocenters. The maximum Gasteiger partial charge on any atom is 0.234 e. The largest absolute Gasteiger partial charge is 0.463 e. The SMILES string of the molecule is c1ccc(Sc2nc(NCCCN3CCOCC3)nc(Nc3cc(-c4ccco4)[nH]n3)n2)cc1. The number of hydrogen-bond donors (Lipinski definition) is 3. The first kappa shape index (κ1) is 22.4. The fourth-order valence-corrected chi connectivity index (χ4v) is 4.29. The monoisotopic (exact) mass is 478 g/mol. The van der Waals surface area contributed by atoms with Crippen molar-refractivity contribution < 1.29 is 9.15 Å². The highest BCUT2D eigenvalue weighted by Crippen LogP contribution is 2.27. The van der Waals surface area contributed by atoms with Gasteiger partial charge in [-0.2, -0.15) is 20.1 Å². The van der Waals surface area contributed by atoms with E-state index in [9.17, 15) is 0 Å². The zero-order chi connectivity index (χ0) is 23.0. The molecule has 0 aliphatic carbocycles. The maximum atomic E-state index is 5.42. The van der Waals surface area contributed by atoms with Gasteiger partial charge in [-0.3, -0.25) is 10.00 Å². The minimum Gasteiger partial charge on any atom is -0.463 e. The Hall–Kier alpha value is -3.41. The molecule has 1 fully saturated rings. The molecule has 34 heavy (non-hydrogen) atoms. The molecule has 1 saturated heterocycles. The second-order valence-corrected chi connectivity index (χ2v) is 8.72. The summed E-state index contributed by atoms with van der Waals surface area (Å²) in [4.78, 5) is 17.2. The van der Waals surface area contributed by atoms with Crippen LogP contribution >= 0.6 is 11.8 Å². The summed E-state index contributed by atoms with van der Waals surface area (Å²) in [7, 11) is 0. The summed E-state index contributed by atoms with van der Waals surface area (Å²) in [5.74, 6) is 2.24. The van der Waals surface area contributed by atoms with E-state index in [-0.39, 0.29) is 0 Å². The van der Waals surface area contributed by atoms with Crippen molar-refractivity contribution >= 4 is 29.5 Å². The Labute approximate surface area is 201 Å². The van der Waals surface area contributed by atoms with Gasteiger partial charge >= 0.3 is 0 Å². The van der Waals surface area contributed by atoms with E-state index in [1.165, 1.54) is 11.8 Å². The number of aromatic amines is 1. The van der Waals surface area contributed by atoms with Crippen LogP contribution in [0.15, 0.2) is 69.3 Å². The molecule has 3 N–H and O–H groups in total. The number of morpholine rings is 1. The van der Waals surface area contributed by atoms with Crippen LogP contribution in [-0.4, -0.2) is 69.4 Å². The Balaban J connectivity index is 1.27. The molecule has 4 aromatic rings. The quantitative estimate of drug-likeness (QED) is 0.290. The molecule has 1 aliphatic rings. The number of ether oxygens (including phenoxy) is 1. The highest BCUT2D eigenvalue weighted by atomic mass is 32.2. The summed E-state index contributed by atoms with van der Waals surface area (Å²) in [6.45, 7) is 5.38. The van der Waals surface area contributed by atoms with Crippen molar-refractivity contribution in [1.29, 1.82) is 0 Å². The highest BCUT2D eigenvalue weighted by Gasteiger charge is 2.13. The Morgan fingerprint density at radius 3 is 2.68 bits per heavy atom. The van der Waals surface area contributed by atoms with E-state index in [2.05, 4.69) is 40.7 Å². The minimum atomic E-state index is 0.418. The number of nitrogens with zero attached hydrogens (tertiary/aromatic N) is 5. The van der Waals surface area contributed by atoms with Gasteiger partial charge in [0, 0.05) is 30.6 Å². The third-order valence-corrected chi connectivity index (χ3v) is 6.08. The molecule has 10 nitrogen and oxygen atoms in total. The van der Waals surface area contributed by atoms with Crippen LogP contribution in [0.2, 0.25) is 0 Å². The zero-order valence-electron chi connectivity index (χ0n) is 18.6. The number of nitrogens with one attached hydrogen (secondary N) is 3. The van der Waals surface area contributed by atoms with Gasteiger partial charge in [0.1, 0.15) is 5.69 Å². The molecule has 4 heterocycles. The molecule has 3 aromatic heterocycles. The second kappa shape index (κ2) is 11.1. The summed E-state index contributed by atoms with van der Waals surface area (Å²) in [6, 6.07) is 15.6. The molecular weight excluding hydrogens is 452 g/mol. The first-order valence-corrected chi connectivity index (χ1v) is 12.0. The lowest BCUT2D eigenvalue weighted by Gasteiger charge is -2.26. The van der Waals surface area contributed by atoms with Crippen molar-refractivity contribution in [2.24, 2.45) is 0 Å². The van der Waals surface area contributed by atoms with Crippen molar-refractivity contribution in [2.45, 2.75) is 16.5 Å². The Kier molecular flexibility index (Phi) is 7.34. The molecule has 0 bridgehead atoms. The van der Waals surface area contributed by atoms with Crippen molar-refractivity contribution in [3.63, 3.8) is 0 Å². The van der Waals surface area contributed by atoms with E-state index in [0.717, 1.165) is 56.4 Å². The summed E-state index contributed by atoms with van der Waals surface area (Å²) in [6.07, 6.45) is 2.61. The van der Waals surface area contributed by atoms with Crippen LogP contribution in [0.4, 0.5) is 17.7 Å². The van der Waals surface area contributed by atoms with Gasteiger partial charge in [0.25, 0.3) is 0 Å². The number of benzene rings is 1. The van der Waals surface area contributed by atoms with Crippen LogP contribution in [-0.2, 0) is 4.74 Å². The second-order valence-electron chi connectivity index (χ2n) is 7.68. The molecule has 1 aromatic carbocycles. The fraction of sp³-hybridized carbons (Fsp3) is 0.304. The number of anilines is 3. The van der Waals surface area contributed by atoms with Crippen molar-refractivity contribution in [2.75, 3.05) is 50.0 Å². The summed E-state index contributed by atoms with van der Waals surface area (Å²) >= 11 is 1.48. The fourth-order valence-electron chi connectivity index (χ4n) is 3.52. The third-order valence-electron chi connectivity index (χ3n) is 5.21.